The molecule has 0 atom stereocenters. The van der Waals surface area contributed by atoms with E-state index in [1.165, 1.54) is 29.3 Å². The fourth-order valence-electron chi connectivity index (χ4n) is 2.78. The molecule has 4 nitrogen and oxygen atoms in total. The predicted molar refractivity (Wildman–Crippen MR) is 81.1 cm³/mol. The highest BCUT2D eigenvalue weighted by Gasteiger charge is 2.44. The Labute approximate surface area is 120 Å². The summed E-state index contributed by atoms with van der Waals surface area (Å²) < 4.78 is 1.19. The minimum Gasteiger partial charge on any atom is -0.371 e. The SMILES string of the molecule is [N-]=[N+]=Nc1ccc(I)cc1N1CCC2(CC1)CC2. The smallest absolute Gasteiger partial charge is 0.0609 e. The van der Waals surface area contributed by atoms with Gasteiger partial charge in [-0.05, 0) is 77.4 Å². The highest BCUT2D eigenvalue weighted by Crippen LogP contribution is 2.54. The number of piperidine rings is 1. The molecule has 18 heavy (non-hydrogen) atoms. The fraction of sp³-hybridized carbons (Fsp3) is 0.538. The summed E-state index contributed by atoms with van der Waals surface area (Å²) in [4.78, 5) is 5.30. The molecule has 94 valence electrons. The lowest BCUT2D eigenvalue weighted by molar-refractivity contribution is 0.384. The van der Waals surface area contributed by atoms with Crippen LogP contribution in [0.1, 0.15) is 25.7 Å². The Kier molecular flexibility index (Phi) is 3.11. The molecule has 5 heteroatoms. The molecule has 0 N–H and O–H groups in total. The van der Waals surface area contributed by atoms with Gasteiger partial charge in [0.2, 0.25) is 0 Å². The van der Waals surface area contributed by atoms with Crippen molar-refractivity contribution in [1.82, 2.24) is 0 Å². The van der Waals surface area contributed by atoms with Gasteiger partial charge in [-0.15, -0.1) is 0 Å². The topological polar surface area (TPSA) is 52.0 Å². The number of benzene rings is 1. The molecule has 0 amide bonds. The van der Waals surface area contributed by atoms with Gasteiger partial charge in [0.25, 0.3) is 0 Å². The zero-order chi connectivity index (χ0) is 12.6. The van der Waals surface area contributed by atoms with Crippen LogP contribution in [0.3, 0.4) is 0 Å². The first kappa shape index (κ1) is 12.1. The third-order valence-electron chi connectivity index (χ3n) is 4.21. The Morgan fingerprint density at radius 3 is 2.56 bits per heavy atom. The van der Waals surface area contributed by atoms with Gasteiger partial charge in [-0.3, -0.25) is 0 Å². The van der Waals surface area contributed by atoms with Crippen molar-refractivity contribution in [3.8, 4) is 0 Å². The van der Waals surface area contributed by atoms with Crippen LogP contribution in [-0.2, 0) is 0 Å². The quantitative estimate of drug-likeness (QED) is 0.331. The van der Waals surface area contributed by atoms with E-state index >= 15 is 0 Å². The van der Waals surface area contributed by atoms with Crippen LogP contribution in [-0.4, -0.2) is 13.1 Å². The second-order valence-corrected chi connectivity index (χ2v) is 6.56. The Morgan fingerprint density at radius 2 is 1.94 bits per heavy atom. The summed E-state index contributed by atoms with van der Waals surface area (Å²) in [6, 6.07) is 6.02. The van der Waals surface area contributed by atoms with Gasteiger partial charge in [0.1, 0.15) is 0 Å². The molecular formula is C13H15IN4. The molecule has 3 rings (SSSR count). The number of nitrogens with zero attached hydrogens (tertiary/aromatic N) is 4. The largest absolute Gasteiger partial charge is 0.371 e. The predicted octanol–water partition coefficient (Wildman–Crippen LogP) is 4.61. The Bertz CT molecular complexity index is 508. The minimum absolute atomic E-state index is 0.678. The van der Waals surface area contributed by atoms with E-state index in [4.69, 9.17) is 5.53 Å². The fourth-order valence-corrected chi connectivity index (χ4v) is 3.26. The van der Waals surface area contributed by atoms with E-state index < -0.39 is 0 Å². The molecule has 1 heterocycles. The first-order chi connectivity index (χ1) is 8.72. The standard InChI is InChI=1S/C13H15IN4/c14-10-1-2-11(16-17-15)12(9-10)18-7-5-13(3-4-13)6-8-18/h1-2,9H,3-8H2. The maximum Gasteiger partial charge on any atom is 0.0609 e. The lowest BCUT2D eigenvalue weighted by Gasteiger charge is -2.34. The molecule has 0 aromatic heterocycles. The van der Waals surface area contributed by atoms with Crippen LogP contribution in [0, 0.1) is 8.99 Å². The van der Waals surface area contributed by atoms with Crippen LogP contribution in [0.25, 0.3) is 10.4 Å². The second-order valence-electron chi connectivity index (χ2n) is 5.31. The Morgan fingerprint density at radius 1 is 1.22 bits per heavy atom. The Balaban J connectivity index is 1.86. The molecule has 1 spiro atoms. The third-order valence-corrected chi connectivity index (χ3v) is 4.88. The zero-order valence-corrected chi connectivity index (χ0v) is 12.3. The Hall–Kier alpha value is -0.940. The summed E-state index contributed by atoms with van der Waals surface area (Å²) in [5.74, 6) is 0. The minimum atomic E-state index is 0.678. The van der Waals surface area contributed by atoms with Gasteiger partial charge in [-0.25, -0.2) is 0 Å². The van der Waals surface area contributed by atoms with Gasteiger partial charge in [0, 0.05) is 27.3 Å². The molecule has 0 bridgehead atoms. The van der Waals surface area contributed by atoms with E-state index in [0.717, 1.165) is 24.5 Å². The average Bonchev–Trinajstić information content (AvgIpc) is 3.13. The van der Waals surface area contributed by atoms with Gasteiger partial charge in [0.05, 0.1) is 5.69 Å². The van der Waals surface area contributed by atoms with Crippen molar-refractivity contribution < 1.29 is 0 Å². The monoisotopic (exact) mass is 354 g/mol. The molecule has 0 unspecified atom stereocenters. The number of hydrogen-bond donors (Lipinski definition) is 0. The van der Waals surface area contributed by atoms with Crippen molar-refractivity contribution in [2.45, 2.75) is 25.7 Å². The van der Waals surface area contributed by atoms with Crippen LogP contribution in [0.2, 0.25) is 0 Å². The van der Waals surface area contributed by atoms with Crippen LogP contribution in [0.15, 0.2) is 23.3 Å². The lowest BCUT2D eigenvalue weighted by atomic mass is 9.93. The van der Waals surface area contributed by atoms with Crippen LogP contribution < -0.4 is 4.90 Å². The van der Waals surface area contributed by atoms with Crippen LogP contribution >= 0.6 is 22.6 Å². The van der Waals surface area contributed by atoms with E-state index in [-0.39, 0.29) is 0 Å². The molecule has 1 saturated heterocycles. The second kappa shape index (κ2) is 4.63. The highest BCUT2D eigenvalue weighted by molar-refractivity contribution is 14.1. The molecule has 1 aromatic rings. The van der Waals surface area contributed by atoms with E-state index in [0.29, 0.717) is 5.41 Å². The van der Waals surface area contributed by atoms with Crippen molar-refractivity contribution in [2.24, 2.45) is 10.5 Å². The molecule has 1 aliphatic carbocycles. The van der Waals surface area contributed by atoms with E-state index in [1.54, 1.807) is 0 Å². The van der Waals surface area contributed by atoms with Crippen molar-refractivity contribution in [1.29, 1.82) is 0 Å². The van der Waals surface area contributed by atoms with E-state index in [1.807, 2.05) is 12.1 Å². The summed E-state index contributed by atoms with van der Waals surface area (Å²) in [6.07, 6.45) is 5.40. The van der Waals surface area contributed by atoms with Crippen molar-refractivity contribution in [3.05, 3.63) is 32.2 Å². The molecule has 2 aliphatic rings. The number of anilines is 1. The lowest BCUT2D eigenvalue weighted by Crippen LogP contribution is -2.34. The molecule has 1 saturated carbocycles. The third kappa shape index (κ3) is 2.29. The van der Waals surface area contributed by atoms with Gasteiger partial charge in [-0.1, -0.05) is 5.11 Å². The number of hydrogen-bond acceptors (Lipinski definition) is 2. The molecule has 1 aromatic carbocycles. The number of halogens is 1. The summed E-state index contributed by atoms with van der Waals surface area (Å²) >= 11 is 2.30. The van der Waals surface area contributed by atoms with Crippen molar-refractivity contribution >= 4 is 34.0 Å². The zero-order valence-electron chi connectivity index (χ0n) is 10.1. The summed E-state index contributed by atoms with van der Waals surface area (Å²) in [7, 11) is 0. The normalized spacial score (nSPS) is 20.6. The van der Waals surface area contributed by atoms with Crippen molar-refractivity contribution in [2.75, 3.05) is 18.0 Å². The first-order valence-electron chi connectivity index (χ1n) is 6.32. The number of rotatable bonds is 2. The summed E-state index contributed by atoms with van der Waals surface area (Å²) in [6.45, 7) is 2.18. The van der Waals surface area contributed by atoms with Crippen LogP contribution in [0.5, 0.6) is 0 Å². The highest BCUT2D eigenvalue weighted by atomic mass is 127. The molecule has 1 aliphatic heterocycles. The van der Waals surface area contributed by atoms with E-state index in [9.17, 15) is 0 Å². The number of azide groups is 1. The summed E-state index contributed by atoms with van der Waals surface area (Å²) in [5, 5.41) is 3.81. The van der Waals surface area contributed by atoms with Gasteiger partial charge in [0.15, 0.2) is 0 Å². The summed E-state index contributed by atoms with van der Waals surface area (Å²) in [5.41, 5.74) is 11.2. The van der Waals surface area contributed by atoms with Crippen molar-refractivity contribution in [3.63, 3.8) is 0 Å². The van der Waals surface area contributed by atoms with E-state index in [2.05, 4.69) is 43.6 Å². The van der Waals surface area contributed by atoms with Gasteiger partial charge in [-0.2, -0.15) is 0 Å². The van der Waals surface area contributed by atoms with Gasteiger partial charge >= 0.3 is 0 Å². The maximum atomic E-state index is 8.64. The first-order valence-corrected chi connectivity index (χ1v) is 7.40. The average molecular weight is 354 g/mol. The maximum absolute atomic E-state index is 8.64. The molecular weight excluding hydrogens is 339 g/mol. The molecule has 2 fully saturated rings. The molecule has 0 radical (unpaired) electrons. The van der Waals surface area contributed by atoms with Gasteiger partial charge < -0.3 is 4.90 Å². The van der Waals surface area contributed by atoms with Crippen LogP contribution in [0.4, 0.5) is 11.4 Å².